The summed E-state index contributed by atoms with van der Waals surface area (Å²) in [5.74, 6) is 0.846. The van der Waals surface area contributed by atoms with Gasteiger partial charge < -0.3 is 0 Å². The lowest BCUT2D eigenvalue weighted by Crippen LogP contribution is -1.84. The largest absolute Gasteiger partial charge is 0.127 e. The summed E-state index contributed by atoms with van der Waals surface area (Å²) in [7, 11) is 0. The molecule has 0 rings (SSSR count). The molecule has 0 heterocycles. The summed E-state index contributed by atoms with van der Waals surface area (Å²) in [6.07, 6.45) is 28.8. The fourth-order valence-corrected chi connectivity index (χ4v) is 3.54. The highest BCUT2D eigenvalue weighted by atomic mass is 35.5. The number of halogens is 1. The fourth-order valence-electron chi connectivity index (χ4n) is 3.35. The van der Waals surface area contributed by atoms with E-state index in [1.54, 1.807) is 0 Å². The van der Waals surface area contributed by atoms with E-state index in [1.165, 1.54) is 128 Å². The lowest BCUT2D eigenvalue weighted by Gasteiger charge is -2.03. The zero-order valence-electron chi connectivity index (χ0n) is 16.2. The molecule has 0 nitrogen and oxygen atoms in total. The summed E-state index contributed by atoms with van der Waals surface area (Å²) in [6.45, 7) is 2.30. The van der Waals surface area contributed by atoms with Crippen LogP contribution in [0.25, 0.3) is 0 Å². The Morgan fingerprint density at radius 3 is 0.783 bits per heavy atom. The Labute approximate surface area is 153 Å². The second-order valence-corrected chi connectivity index (χ2v) is 7.78. The van der Waals surface area contributed by atoms with Crippen molar-refractivity contribution >= 4 is 11.6 Å². The number of alkyl halides is 1. The number of hydrogen-bond acceptors (Lipinski definition) is 0. The second-order valence-electron chi connectivity index (χ2n) is 7.41. The molecule has 0 N–H and O–H groups in total. The van der Waals surface area contributed by atoms with Crippen molar-refractivity contribution in [3.8, 4) is 0 Å². The zero-order chi connectivity index (χ0) is 16.8. The fraction of sp³-hybridized carbons (Fsp3) is 1.00. The molecule has 0 unspecified atom stereocenters. The van der Waals surface area contributed by atoms with Crippen molar-refractivity contribution in [3.05, 3.63) is 0 Å². The van der Waals surface area contributed by atoms with Gasteiger partial charge in [-0.2, -0.15) is 0 Å². The Hall–Kier alpha value is 0.290. The highest BCUT2D eigenvalue weighted by molar-refractivity contribution is 6.17. The summed E-state index contributed by atoms with van der Waals surface area (Å²) in [5, 5.41) is 0. The molecule has 0 amide bonds. The smallest absolute Gasteiger partial charge is 0.0223 e. The van der Waals surface area contributed by atoms with E-state index in [-0.39, 0.29) is 0 Å². The van der Waals surface area contributed by atoms with Crippen molar-refractivity contribution in [1.82, 2.24) is 0 Å². The lowest BCUT2D eigenvalue weighted by atomic mass is 10.0. The minimum absolute atomic E-state index is 0.846. The topological polar surface area (TPSA) is 0 Å². The van der Waals surface area contributed by atoms with Crippen LogP contribution in [-0.2, 0) is 0 Å². The standard InChI is InChI=1S/C22H45Cl/c1-2-3-4-5-6-7-8-9-10-11-12-13-14-15-16-17-18-19-20-21-22-23/h2-22H2,1H3. The monoisotopic (exact) mass is 344 g/mol. The van der Waals surface area contributed by atoms with Gasteiger partial charge in [0.15, 0.2) is 0 Å². The molecule has 0 atom stereocenters. The third-order valence-electron chi connectivity index (χ3n) is 4.99. The Kier molecular flexibility index (Phi) is 22.6. The average molecular weight is 345 g/mol. The van der Waals surface area contributed by atoms with Gasteiger partial charge in [-0.05, 0) is 6.42 Å². The lowest BCUT2D eigenvalue weighted by molar-refractivity contribution is 0.523. The molecule has 0 aliphatic rings. The van der Waals surface area contributed by atoms with E-state index in [0.717, 1.165) is 5.88 Å². The molecule has 140 valence electrons. The van der Waals surface area contributed by atoms with E-state index >= 15 is 0 Å². The first-order valence-electron chi connectivity index (χ1n) is 11.0. The first-order chi connectivity index (χ1) is 11.4. The maximum absolute atomic E-state index is 5.68. The van der Waals surface area contributed by atoms with Crippen molar-refractivity contribution in [3.63, 3.8) is 0 Å². The van der Waals surface area contributed by atoms with E-state index in [4.69, 9.17) is 11.6 Å². The van der Waals surface area contributed by atoms with E-state index < -0.39 is 0 Å². The van der Waals surface area contributed by atoms with Crippen LogP contribution in [-0.4, -0.2) is 5.88 Å². The van der Waals surface area contributed by atoms with E-state index in [1.807, 2.05) is 0 Å². The van der Waals surface area contributed by atoms with Crippen LogP contribution in [0.1, 0.15) is 135 Å². The van der Waals surface area contributed by atoms with Crippen LogP contribution in [0.2, 0.25) is 0 Å². The van der Waals surface area contributed by atoms with Crippen LogP contribution >= 0.6 is 11.6 Å². The predicted octanol–water partition coefficient (Wildman–Crippen LogP) is 9.05. The Bertz CT molecular complexity index is 170. The van der Waals surface area contributed by atoms with Crippen LogP contribution in [0.3, 0.4) is 0 Å². The van der Waals surface area contributed by atoms with Crippen LogP contribution in [0.15, 0.2) is 0 Å². The zero-order valence-corrected chi connectivity index (χ0v) is 17.0. The normalized spacial score (nSPS) is 11.2. The molecule has 0 radical (unpaired) electrons. The minimum Gasteiger partial charge on any atom is -0.127 e. The van der Waals surface area contributed by atoms with Gasteiger partial charge >= 0.3 is 0 Å². The molecule has 0 saturated heterocycles. The summed E-state index contributed by atoms with van der Waals surface area (Å²) >= 11 is 5.68. The molecule has 0 aliphatic heterocycles. The van der Waals surface area contributed by atoms with Gasteiger partial charge in [0.2, 0.25) is 0 Å². The molecule has 0 aromatic rings. The highest BCUT2D eigenvalue weighted by Gasteiger charge is 1.95. The molecule has 0 saturated carbocycles. The third-order valence-corrected chi connectivity index (χ3v) is 5.25. The predicted molar refractivity (Wildman–Crippen MR) is 109 cm³/mol. The number of unbranched alkanes of at least 4 members (excludes halogenated alkanes) is 19. The van der Waals surface area contributed by atoms with Crippen molar-refractivity contribution in [1.29, 1.82) is 0 Å². The van der Waals surface area contributed by atoms with Crippen LogP contribution < -0.4 is 0 Å². The van der Waals surface area contributed by atoms with Crippen LogP contribution in [0, 0.1) is 0 Å². The van der Waals surface area contributed by atoms with Crippen molar-refractivity contribution in [2.45, 2.75) is 135 Å². The molecule has 0 fully saturated rings. The van der Waals surface area contributed by atoms with Gasteiger partial charge in [-0.3, -0.25) is 0 Å². The highest BCUT2D eigenvalue weighted by Crippen LogP contribution is 2.14. The average Bonchev–Trinajstić information content (AvgIpc) is 2.57. The van der Waals surface area contributed by atoms with Crippen molar-refractivity contribution in [2.24, 2.45) is 0 Å². The SMILES string of the molecule is CCCCCCCCCCCCCCCCCCCCCCCl. The van der Waals surface area contributed by atoms with Crippen LogP contribution in [0.4, 0.5) is 0 Å². The van der Waals surface area contributed by atoms with Gasteiger partial charge in [0.25, 0.3) is 0 Å². The van der Waals surface area contributed by atoms with E-state index in [9.17, 15) is 0 Å². The molecule has 23 heavy (non-hydrogen) atoms. The van der Waals surface area contributed by atoms with Crippen molar-refractivity contribution < 1.29 is 0 Å². The molecular formula is C22H45Cl. The maximum Gasteiger partial charge on any atom is 0.0223 e. The summed E-state index contributed by atoms with van der Waals surface area (Å²) in [6, 6.07) is 0. The molecule has 0 spiro atoms. The quantitative estimate of drug-likeness (QED) is 0.152. The Balaban J connectivity index is 2.92. The Morgan fingerprint density at radius 1 is 0.348 bits per heavy atom. The Morgan fingerprint density at radius 2 is 0.565 bits per heavy atom. The minimum atomic E-state index is 0.846. The van der Waals surface area contributed by atoms with Gasteiger partial charge in [-0.25, -0.2) is 0 Å². The third kappa shape index (κ3) is 22.3. The van der Waals surface area contributed by atoms with E-state index in [0.29, 0.717) is 0 Å². The van der Waals surface area contributed by atoms with Gasteiger partial charge in [0.1, 0.15) is 0 Å². The van der Waals surface area contributed by atoms with Gasteiger partial charge in [0, 0.05) is 5.88 Å². The second kappa shape index (κ2) is 22.3. The van der Waals surface area contributed by atoms with Gasteiger partial charge in [-0.1, -0.05) is 129 Å². The molecular weight excluding hydrogens is 300 g/mol. The van der Waals surface area contributed by atoms with Gasteiger partial charge in [0.05, 0.1) is 0 Å². The van der Waals surface area contributed by atoms with E-state index in [2.05, 4.69) is 6.92 Å². The maximum atomic E-state index is 5.68. The summed E-state index contributed by atoms with van der Waals surface area (Å²) < 4.78 is 0. The molecule has 1 heteroatoms. The summed E-state index contributed by atoms with van der Waals surface area (Å²) in [5.41, 5.74) is 0. The summed E-state index contributed by atoms with van der Waals surface area (Å²) in [4.78, 5) is 0. The first-order valence-corrected chi connectivity index (χ1v) is 11.5. The van der Waals surface area contributed by atoms with Crippen LogP contribution in [0.5, 0.6) is 0 Å². The molecule has 0 aromatic carbocycles. The number of hydrogen-bond donors (Lipinski definition) is 0. The molecule has 0 bridgehead atoms. The molecule has 0 aromatic heterocycles. The van der Waals surface area contributed by atoms with Gasteiger partial charge in [-0.15, -0.1) is 11.6 Å². The molecule has 0 aliphatic carbocycles. The van der Waals surface area contributed by atoms with Crippen molar-refractivity contribution in [2.75, 3.05) is 5.88 Å². The number of rotatable bonds is 20. The first kappa shape index (κ1) is 23.3.